The van der Waals surface area contributed by atoms with Crippen molar-refractivity contribution in [3.63, 3.8) is 0 Å². The average Bonchev–Trinajstić information content (AvgIpc) is 3.37. The number of ether oxygens (including phenoxy) is 1. The summed E-state index contributed by atoms with van der Waals surface area (Å²) in [5.74, 6) is -2.61. The van der Waals surface area contributed by atoms with E-state index in [2.05, 4.69) is 22.2 Å². The minimum Gasteiger partial charge on any atom is -0.380 e. The molecule has 2 aliphatic rings. The van der Waals surface area contributed by atoms with Gasteiger partial charge in [0, 0.05) is 38.0 Å². The predicted octanol–water partition coefficient (Wildman–Crippen LogP) is 5.46. The number of pyridine rings is 1. The highest BCUT2D eigenvalue weighted by molar-refractivity contribution is 7.21. The number of nitrogens with one attached hydrogen (secondary N) is 2. The Morgan fingerprint density at radius 2 is 2.00 bits per heavy atom. The van der Waals surface area contributed by atoms with Crippen molar-refractivity contribution in [1.29, 1.82) is 0 Å². The number of urea groups is 1. The standard InChI is InChI=1S/C30H25F2N5O4S/c1-3-23(38)36-14-17(13-19(15-36)41-2)34-28(39)27-26-24-22(10-11-33-29(24)42-27)37(30(40)35-26)18-7-4-6-16(12-18)20-8-5-9-21(31)25(20)32/h3-12,17,19H,1,13-15H2,2H3,(H,34,39)(H,35,40)/t17-,19+/m1/s1. The number of hydrogen-bond donors (Lipinski definition) is 2. The predicted molar refractivity (Wildman–Crippen MR) is 156 cm³/mol. The smallest absolute Gasteiger partial charge is 0.331 e. The molecule has 42 heavy (non-hydrogen) atoms. The zero-order valence-corrected chi connectivity index (χ0v) is 23.2. The van der Waals surface area contributed by atoms with Crippen molar-refractivity contribution in [3.05, 3.63) is 83.9 Å². The maximum absolute atomic E-state index is 14.5. The number of anilines is 3. The van der Waals surface area contributed by atoms with Crippen molar-refractivity contribution >= 4 is 56.5 Å². The van der Waals surface area contributed by atoms with Gasteiger partial charge in [0.1, 0.15) is 9.71 Å². The largest absolute Gasteiger partial charge is 0.380 e. The van der Waals surface area contributed by atoms with Crippen molar-refractivity contribution in [2.75, 3.05) is 30.4 Å². The molecule has 0 spiro atoms. The first-order valence-corrected chi connectivity index (χ1v) is 13.9. The Balaban J connectivity index is 1.34. The second kappa shape index (κ2) is 11.0. The van der Waals surface area contributed by atoms with Crippen LogP contribution in [0.25, 0.3) is 21.3 Å². The molecule has 12 heteroatoms. The molecule has 4 amide bonds. The topological polar surface area (TPSA) is 104 Å². The van der Waals surface area contributed by atoms with Gasteiger partial charge in [0.25, 0.3) is 5.91 Å². The van der Waals surface area contributed by atoms with Crippen LogP contribution in [0, 0.1) is 11.6 Å². The third kappa shape index (κ3) is 4.78. The molecule has 0 radical (unpaired) electrons. The molecule has 0 saturated carbocycles. The number of benzene rings is 2. The Labute approximate surface area is 243 Å². The summed E-state index contributed by atoms with van der Waals surface area (Å²) >= 11 is 1.14. The zero-order valence-electron chi connectivity index (χ0n) is 22.4. The number of thiophene rings is 1. The molecule has 6 rings (SSSR count). The first-order valence-electron chi connectivity index (χ1n) is 13.1. The third-order valence-electron chi connectivity index (χ3n) is 7.39. The second-order valence-electron chi connectivity index (χ2n) is 9.94. The maximum Gasteiger partial charge on any atom is 0.331 e. The monoisotopic (exact) mass is 589 g/mol. The lowest BCUT2D eigenvalue weighted by Gasteiger charge is -2.37. The fourth-order valence-electron chi connectivity index (χ4n) is 5.43. The van der Waals surface area contributed by atoms with E-state index >= 15 is 0 Å². The molecule has 0 unspecified atom stereocenters. The summed E-state index contributed by atoms with van der Waals surface area (Å²) in [5, 5.41) is 6.40. The van der Waals surface area contributed by atoms with E-state index in [0.29, 0.717) is 52.4 Å². The number of rotatable bonds is 6. The molecule has 2 atom stereocenters. The van der Waals surface area contributed by atoms with Gasteiger partial charge < -0.3 is 20.3 Å². The number of likely N-dealkylation sites (tertiary alicyclic amines) is 1. The average molecular weight is 590 g/mol. The van der Waals surface area contributed by atoms with Crippen LogP contribution in [-0.2, 0) is 9.53 Å². The van der Waals surface area contributed by atoms with Crippen LogP contribution in [0.1, 0.15) is 16.1 Å². The van der Waals surface area contributed by atoms with Gasteiger partial charge in [-0.3, -0.25) is 14.5 Å². The second-order valence-corrected chi connectivity index (χ2v) is 10.9. The van der Waals surface area contributed by atoms with E-state index in [1.54, 1.807) is 48.5 Å². The van der Waals surface area contributed by atoms with E-state index < -0.39 is 23.6 Å². The molecule has 0 aliphatic carbocycles. The minimum atomic E-state index is -0.980. The van der Waals surface area contributed by atoms with E-state index in [1.165, 1.54) is 23.1 Å². The molecule has 2 aliphatic heterocycles. The number of halogens is 2. The molecule has 4 heterocycles. The van der Waals surface area contributed by atoms with Crippen molar-refractivity contribution in [2.45, 2.75) is 18.6 Å². The van der Waals surface area contributed by atoms with Crippen molar-refractivity contribution in [1.82, 2.24) is 15.2 Å². The highest BCUT2D eigenvalue weighted by atomic mass is 32.1. The van der Waals surface area contributed by atoms with E-state index in [1.807, 2.05) is 0 Å². The van der Waals surface area contributed by atoms with E-state index in [9.17, 15) is 23.2 Å². The highest BCUT2D eigenvalue weighted by Crippen LogP contribution is 2.46. The van der Waals surface area contributed by atoms with Gasteiger partial charge in [-0.1, -0.05) is 30.8 Å². The summed E-state index contributed by atoms with van der Waals surface area (Å²) in [5.41, 5.74) is 1.71. The lowest BCUT2D eigenvalue weighted by atomic mass is 10.0. The van der Waals surface area contributed by atoms with Crippen LogP contribution < -0.4 is 15.5 Å². The molecule has 4 aromatic rings. The van der Waals surface area contributed by atoms with Crippen LogP contribution in [0.5, 0.6) is 0 Å². The number of carbonyl (C=O) groups excluding carboxylic acids is 3. The number of aromatic nitrogens is 1. The number of carbonyl (C=O) groups is 3. The molecule has 9 nitrogen and oxygen atoms in total. The van der Waals surface area contributed by atoms with Gasteiger partial charge in [-0.15, -0.1) is 11.3 Å². The van der Waals surface area contributed by atoms with Crippen LogP contribution in [0.2, 0.25) is 0 Å². The SMILES string of the molecule is C=CC(=O)N1C[C@H](NC(=O)c2sc3nccc4c3c2NC(=O)N4c2cccc(-c3cccc(F)c3F)c2)C[C@H](OC)C1. The van der Waals surface area contributed by atoms with E-state index in [-0.39, 0.29) is 28.5 Å². The fourth-order valence-corrected chi connectivity index (χ4v) is 6.45. The summed E-state index contributed by atoms with van der Waals surface area (Å²) < 4.78 is 33.9. The van der Waals surface area contributed by atoms with Gasteiger partial charge in [0.2, 0.25) is 5.91 Å². The molecular weight excluding hydrogens is 564 g/mol. The number of amides is 4. The fraction of sp³-hybridized carbons (Fsp3) is 0.200. The van der Waals surface area contributed by atoms with Crippen LogP contribution in [0.15, 0.2) is 67.4 Å². The Hall–Kier alpha value is -4.68. The molecule has 1 fully saturated rings. The van der Waals surface area contributed by atoms with Crippen LogP contribution in [0.3, 0.4) is 0 Å². The highest BCUT2D eigenvalue weighted by Gasteiger charge is 2.35. The number of piperidine rings is 1. The summed E-state index contributed by atoms with van der Waals surface area (Å²) in [6, 6.07) is 11.2. The van der Waals surface area contributed by atoms with Crippen molar-refractivity contribution < 1.29 is 27.9 Å². The van der Waals surface area contributed by atoms with Gasteiger partial charge in [0.15, 0.2) is 11.6 Å². The minimum absolute atomic E-state index is 0.0658. The molecule has 1 saturated heterocycles. The first kappa shape index (κ1) is 27.5. The van der Waals surface area contributed by atoms with Gasteiger partial charge in [-0.05, 0) is 42.3 Å². The normalized spacial score (nSPS) is 18.1. The van der Waals surface area contributed by atoms with E-state index in [4.69, 9.17) is 4.74 Å². The Bertz CT molecular complexity index is 1760. The van der Waals surface area contributed by atoms with E-state index in [0.717, 1.165) is 17.4 Å². The van der Waals surface area contributed by atoms with Crippen LogP contribution in [-0.4, -0.2) is 60.1 Å². The lowest BCUT2D eigenvalue weighted by Crippen LogP contribution is -2.54. The Kier molecular flexibility index (Phi) is 7.17. The zero-order chi connectivity index (χ0) is 29.5. The van der Waals surface area contributed by atoms with Gasteiger partial charge in [-0.25, -0.2) is 18.6 Å². The van der Waals surface area contributed by atoms with Crippen molar-refractivity contribution in [2.24, 2.45) is 0 Å². The summed E-state index contributed by atoms with van der Waals surface area (Å²) in [6.45, 7) is 4.23. The molecule has 2 aromatic heterocycles. The number of methoxy groups -OCH3 is 1. The molecule has 2 aromatic carbocycles. The van der Waals surface area contributed by atoms with Gasteiger partial charge in [-0.2, -0.15) is 0 Å². The van der Waals surface area contributed by atoms with Crippen molar-refractivity contribution in [3.8, 4) is 11.1 Å². The molecule has 0 bridgehead atoms. The molecular formula is C30H25F2N5O4S. The number of nitrogens with zero attached hydrogens (tertiary/aromatic N) is 3. The quantitative estimate of drug-likeness (QED) is 0.291. The molecule has 214 valence electrons. The number of hydrogen-bond acceptors (Lipinski definition) is 6. The lowest BCUT2D eigenvalue weighted by molar-refractivity contribution is -0.130. The van der Waals surface area contributed by atoms with Gasteiger partial charge in [0.05, 0.1) is 28.6 Å². The molecule has 2 N–H and O–H groups in total. The van der Waals surface area contributed by atoms with Gasteiger partial charge >= 0.3 is 6.03 Å². The summed E-state index contributed by atoms with van der Waals surface area (Å²) in [4.78, 5) is 47.5. The summed E-state index contributed by atoms with van der Waals surface area (Å²) in [7, 11) is 1.56. The Morgan fingerprint density at radius 3 is 2.79 bits per heavy atom. The maximum atomic E-state index is 14.5. The third-order valence-corrected chi connectivity index (χ3v) is 8.48. The first-order chi connectivity index (χ1) is 20.3. The van der Waals surface area contributed by atoms with Crippen LogP contribution in [0.4, 0.5) is 30.6 Å². The summed E-state index contributed by atoms with van der Waals surface area (Å²) in [6.07, 6.45) is 3.03. The van der Waals surface area contributed by atoms with Crippen LogP contribution >= 0.6 is 11.3 Å². The Morgan fingerprint density at radius 1 is 1.19 bits per heavy atom.